The Bertz CT molecular complexity index is 1190. The molecule has 0 aliphatic carbocycles. The maximum atomic E-state index is 13.2. The lowest BCUT2D eigenvalue weighted by atomic mass is 9.97. The molecule has 0 bridgehead atoms. The van der Waals surface area contributed by atoms with Crippen LogP contribution in [0.15, 0.2) is 71.3 Å². The van der Waals surface area contributed by atoms with Gasteiger partial charge in [0.2, 0.25) is 5.91 Å². The molecule has 1 aliphatic heterocycles. The van der Waals surface area contributed by atoms with Crippen LogP contribution in [0.25, 0.3) is 0 Å². The minimum atomic E-state index is -0.257. The molecule has 7 heteroatoms. The third-order valence-corrected chi connectivity index (χ3v) is 6.40. The molecule has 1 atom stereocenters. The van der Waals surface area contributed by atoms with Crippen molar-refractivity contribution in [3.05, 3.63) is 89.4 Å². The maximum Gasteiger partial charge on any atom is 0.310 e. The van der Waals surface area contributed by atoms with Crippen LogP contribution in [-0.2, 0) is 27.3 Å². The number of aryl methyl sites for hydroxylation is 1. The first kappa shape index (κ1) is 25.2. The third kappa shape index (κ3) is 6.22. The summed E-state index contributed by atoms with van der Waals surface area (Å²) in [6.07, 6.45) is 3.26. The van der Waals surface area contributed by atoms with Crippen molar-refractivity contribution in [1.82, 2.24) is 4.90 Å². The van der Waals surface area contributed by atoms with E-state index in [0.717, 1.165) is 35.2 Å². The Morgan fingerprint density at radius 3 is 2.56 bits per heavy atom. The standard InChI is InChI=1S/C29H32N2O5/c1-3-35-29(34)24-9-5-15-30(20-24)27(32)18-22-11-13-25(14-12-22)31(28(33)26-10-6-16-36-26)19-23-8-4-7-21(2)17-23/h4,6-8,10-14,16-17,24H,3,5,9,15,18-20H2,1-2H3/t24-/m1/s1. The number of nitrogens with zero attached hydrogens (tertiary/aromatic N) is 2. The van der Waals surface area contributed by atoms with E-state index >= 15 is 0 Å². The minimum absolute atomic E-state index is 0.0139. The molecule has 0 N–H and O–H groups in total. The highest BCUT2D eigenvalue weighted by atomic mass is 16.5. The number of carbonyl (C=O) groups is 3. The number of likely N-dealkylation sites (tertiary alicyclic amines) is 1. The molecule has 2 amide bonds. The molecule has 2 aromatic carbocycles. The van der Waals surface area contributed by atoms with Crippen molar-refractivity contribution >= 4 is 23.5 Å². The molecule has 1 fully saturated rings. The van der Waals surface area contributed by atoms with Gasteiger partial charge in [0.1, 0.15) is 0 Å². The number of piperidine rings is 1. The lowest BCUT2D eigenvalue weighted by Gasteiger charge is -2.31. The quantitative estimate of drug-likeness (QED) is 0.427. The number of benzene rings is 2. The van der Waals surface area contributed by atoms with Crippen molar-refractivity contribution < 1.29 is 23.5 Å². The fourth-order valence-electron chi connectivity index (χ4n) is 4.54. The molecule has 0 spiro atoms. The number of hydrogen-bond acceptors (Lipinski definition) is 5. The van der Waals surface area contributed by atoms with E-state index in [4.69, 9.17) is 9.15 Å². The second-order valence-corrected chi connectivity index (χ2v) is 9.13. The van der Waals surface area contributed by atoms with Crippen molar-refractivity contribution in [1.29, 1.82) is 0 Å². The number of carbonyl (C=O) groups excluding carboxylic acids is 3. The highest BCUT2D eigenvalue weighted by Gasteiger charge is 2.29. The molecule has 2 heterocycles. The number of esters is 1. The zero-order valence-corrected chi connectivity index (χ0v) is 20.8. The summed E-state index contributed by atoms with van der Waals surface area (Å²) in [7, 11) is 0. The van der Waals surface area contributed by atoms with Gasteiger partial charge in [-0.3, -0.25) is 14.4 Å². The van der Waals surface area contributed by atoms with E-state index in [9.17, 15) is 14.4 Å². The zero-order valence-electron chi connectivity index (χ0n) is 20.8. The molecule has 4 rings (SSSR count). The molecule has 0 unspecified atom stereocenters. The number of anilines is 1. The van der Waals surface area contributed by atoms with Crippen molar-refractivity contribution in [2.45, 2.75) is 39.7 Å². The van der Waals surface area contributed by atoms with Crippen LogP contribution in [-0.4, -0.2) is 42.4 Å². The van der Waals surface area contributed by atoms with E-state index in [0.29, 0.717) is 26.2 Å². The summed E-state index contributed by atoms with van der Waals surface area (Å²) in [5, 5.41) is 0. The van der Waals surface area contributed by atoms with Gasteiger partial charge in [-0.05, 0) is 62.1 Å². The van der Waals surface area contributed by atoms with Gasteiger partial charge < -0.3 is 19.0 Å². The Balaban J connectivity index is 1.46. The lowest BCUT2D eigenvalue weighted by molar-refractivity contribution is -0.151. The topological polar surface area (TPSA) is 80.1 Å². The average molecular weight is 489 g/mol. The Kier molecular flexibility index (Phi) is 8.21. The molecule has 36 heavy (non-hydrogen) atoms. The van der Waals surface area contributed by atoms with Crippen molar-refractivity contribution in [3.63, 3.8) is 0 Å². The lowest BCUT2D eigenvalue weighted by Crippen LogP contribution is -2.43. The zero-order chi connectivity index (χ0) is 25.5. The molecule has 0 radical (unpaired) electrons. The highest BCUT2D eigenvalue weighted by molar-refractivity contribution is 6.04. The Labute approximate surface area is 211 Å². The third-order valence-electron chi connectivity index (χ3n) is 6.40. The highest BCUT2D eigenvalue weighted by Crippen LogP contribution is 2.23. The van der Waals surface area contributed by atoms with Crippen molar-refractivity contribution in [2.75, 3.05) is 24.6 Å². The van der Waals surface area contributed by atoms with Crippen LogP contribution in [0.1, 0.15) is 47.0 Å². The Morgan fingerprint density at radius 1 is 1.06 bits per heavy atom. The first-order valence-electron chi connectivity index (χ1n) is 12.4. The second kappa shape index (κ2) is 11.7. The van der Waals surface area contributed by atoms with Crippen LogP contribution in [0.4, 0.5) is 5.69 Å². The van der Waals surface area contributed by atoms with Crippen LogP contribution in [0.3, 0.4) is 0 Å². The van der Waals surface area contributed by atoms with E-state index in [2.05, 4.69) is 6.07 Å². The van der Waals surface area contributed by atoms with Gasteiger partial charge in [-0.25, -0.2) is 0 Å². The van der Waals surface area contributed by atoms with Crippen LogP contribution in [0.5, 0.6) is 0 Å². The number of furan rings is 1. The summed E-state index contributed by atoms with van der Waals surface area (Å²) in [5.74, 6) is -0.464. The van der Waals surface area contributed by atoms with Gasteiger partial charge in [0.25, 0.3) is 5.91 Å². The fourth-order valence-corrected chi connectivity index (χ4v) is 4.54. The molecule has 1 saturated heterocycles. The summed E-state index contributed by atoms with van der Waals surface area (Å²) < 4.78 is 10.5. The van der Waals surface area contributed by atoms with Gasteiger partial charge >= 0.3 is 5.97 Å². The van der Waals surface area contributed by atoms with Gasteiger partial charge in [0.15, 0.2) is 5.76 Å². The van der Waals surface area contributed by atoms with Gasteiger partial charge in [-0.1, -0.05) is 42.0 Å². The SMILES string of the molecule is CCOC(=O)[C@@H]1CCCN(C(=O)Cc2ccc(N(Cc3cccc(C)c3)C(=O)c3ccco3)cc2)C1. The van der Waals surface area contributed by atoms with E-state index in [-0.39, 0.29) is 35.9 Å². The predicted octanol–water partition coefficient (Wildman–Crippen LogP) is 4.78. The number of amides is 2. The molecule has 3 aromatic rings. The first-order chi connectivity index (χ1) is 17.4. The average Bonchev–Trinajstić information content (AvgIpc) is 3.43. The molecule has 0 saturated carbocycles. The number of rotatable bonds is 8. The van der Waals surface area contributed by atoms with E-state index < -0.39 is 0 Å². The molecule has 7 nitrogen and oxygen atoms in total. The van der Waals surface area contributed by atoms with Gasteiger partial charge in [0, 0.05) is 18.8 Å². The summed E-state index contributed by atoms with van der Waals surface area (Å²) in [6.45, 7) is 5.59. The van der Waals surface area contributed by atoms with E-state index in [1.54, 1.807) is 28.9 Å². The van der Waals surface area contributed by atoms with Crippen LogP contribution in [0, 0.1) is 12.8 Å². The van der Waals surface area contributed by atoms with Crippen LogP contribution >= 0.6 is 0 Å². The summed E-state index contributed by atoms with van der Waals surface area (Å²) >= 11 is 0. The monoisotopic (exact) mass is 488 g/mol. The number of ether oxygens (including phenoxy) is 1. The molecule has 1 aliphatic rings. The van der Waals surface area contributed by atoms with E-state index in [1.165, 1.54) is 6.26 Å². The second-order valence-electron chi connectivity index (χ2n) is 9.13. The molecular weight excluding hydrogens is 456 g/mol. The van der Waals surface area contributed by atoms with Crippen molar-refractivity contribution in [2.24, 2.45) is 5.92 Å². The molecule has 1 aromatic heterocycles. The van der Waals surface area contributed by atoms with Crippen LogP contribution < -0.4 is 4.90 Å². The van der Waals surface area contributed by atoms with Gasteiger partial charge in [-0.15, -0.1) is 0 Å². The first-order valence-corrected chi connectivity index (χ1v) is 12.4. The van der Waals surface area contributed by atoms with Crippen LogP contribution in [0.2, 0.25) is 0 Å². The molecular formula is C29H32N2O5. The van der Waals surface area contributed by atoms with Gasteiger partial charge in [-0.2, -0.15) is 0 Å². The van der Waals surface area contributed by atoms with Gasteiger partial charge in [0.05, 0.1) is 31.8 Å². The largest absolute Gasteiger partial charge is 0.466 e. The minimum Gasteiger partial charge on any atom is -0.466 e. The Hall–Kier alpha value is -3.87. The molecule has 188 valence electrons. The number of hydrogen-bond donors (Lipinski definition) is 0. The summed E-state index contributed by atoms with van der Waals surface area (Å²) in [4.78, 5) is 41.7. The van der Waals surface area contributed by atoms with E-state index in [1.807, 2.05) is 49.4 Å². The smallest absolute Gasteiger partial charge is 0.310 e. The summed E-state index contributed by atoms with van der Waals surface area (Å²) in [5.41, 5.74) is 3.70. The normalized spacial score (nSPS) is 15.4. The fraction of sp³-hybridized carbons (Fsp3) is 0.345. The maximum absolute atomic E-state index is 13.2. The Morgan fingerprint density at radius 2 is 1.86 bits per heavy atom. The summed E-state index contributed by atoms with van der Waals surface area (Å²) in [6, 6.07) is 18.8. The predicted molar refractivity (Wildman–Crippen MR) is 136 cm³/mol. The van der Waals surface area contributed by atoms with Crippen molar-refractivity contribution in [3.8, 4) is 0 Å².